The highest BCUT2D eigenvalue weighted by molar-refractivity contribution is 6.31. The van der Waals surface area contributed by atoms with Crippen LogP contribution in [0.1, 0.15) is 22.8 Å². The maximum Gasteiger partial charge on any atom is 0.308 e. The number of carbonyl (C=O) groups is 2. The zero-order chi connectivity index (χ0) is 15.4. The van der Waals surface area contributed by atoms with Gasteiger partial charge in [-0.3, -0.25) is 9.59 Å². The van der Waals surface area contributed by atoms with Gasteiger partial charge in [0.15, 0.2) is 0 Å². The van der Waals surface area contributed by atoms with E-state index in [2.05, 4.69) is 5.32 Å². The second-order valence-electron chi connectivity index (χ2n) is 4.53. The number of rotatable bonds is 3. The summed E-state index contributed by atoms with van der Waals surface area (Å²) >= 11 is 5.92. The van der Waals surface area contributed by atoms with Crippen LogP contribution in [-0.2, 0) is 4.79 Å². The van der Waals surface area contributed by atoms with Gasteiger partial charge in [-0.25, -0.2) is 0 Å². The molecule has 0 unspecified atom stereocenters. The number of halogens is 1. The molecule has 1 N–H and O–H groups in total. The van der Waals surface area contributed by atoms with E-state index in [1.165, 1.54) is 6.92 Å². The standard InChI is InChI=1S/C16H14ClNO3/c1-10-3-6-13(17)9-15(10)18-16(20)12-4-7-14(8-5-12)21-11(2)19/h3-9H,1-2H3,(H,18,20). The quantitative estimate of drug-likeness (QED) is 0.692. The van der Waals surface area contributed by atoms with Crippen LogP contribution in [0.2, 0.25) is 5.02 Å². The molecule has 2 aromatic carbocycles. The molecule has 0 spiro atoms. The Kier molecular flexibility index (Phi) is 4.60. The fourth-order valence-electron chi connectivity index (χ4n) is 1.76. The molecule has 21 heavy (non-hydrogen) atoms. The average Bonchev–Trinajstić information content (AvgIpc) is 2.43. The molecule has 1 amide bonds. The van der Waals surface area contributed by atoms with Gasteiger partial charge in [0.1, 0.15) is 5.75 Å². The Balaban J connectivity index is 2.13. The van der Waals surface area contributed by atoms with Crippen molar-refractivity contribution in [2.75, 3.05) is 5.32 Å². The van der Waals surface area contributed by atoms with Crippen LogP contribution < -0.4 is 10.1 Å². The van der Waals surface area contributed by atoms with Crippen molar-refractivity contribution in [3.63, 3.8) is 0 Å². The fraction of sp³-hybridized carbons (Fsp3) is 0.125. The number of anilines is 1. The molecule has 0 radical (unpaired) electrons. The Hall–Kier alpha value is -2.33. The van der Waals surface area contributed by atoms with E-state index in [-0.39, 0.29) is 5.91 Å². The summed E-state index contributed by atoms with van der Waals surface area (Å²) in [6.45, 7) is 3.21. The highest BCUT2D eigenvalue weighted by atomic mass is 35.5. The van der Waals surface area contributed by atoms with Crippen molar-refractivity contribution >= 4 is 29.2 Å². The first kappa shape index (κ1) is 15.1. The summed E-state index contributed by atoms with van der Waals surface area (Å²) in [7, 11) is 0. The lowest BCUT2D eigenvalue weighted by Gasteiger charge is -2.09. The highest BCUT2D eigenvalue weighted by Gasteiger charge is 2.09. The largest absolute Gasteiger partial charge is 0.427 e. The number of hydrogen-bond acceptors (Lipinski definition) is 3. The Bertz CT molecular complexity index is 680. The Morgan fingerprint density at radius 1 is 1.10 bits per heavy atom. The molecule has 0 aliphatic heterocycles. The number of carbonyl (C=O) groups excluding carboxylic acids is 2. The van der Waals surface area contributed by atoms with Gasteiger partial charge in [-0.1, -0.05) is 17.7 Å². The van der Waals surface area contributed by atoms with E-state index in [4.69, 9.17) is 16.3 Å². The second-order valence-corrected chi connectivity index (χ2v) is 4.97. The molecule has 0 atom stereocenters. The van der Waals surface area contributed by atoms with Crippen molar-refractivity contribution in [1.82, 2.24) is 0 Å². The molecule has 4 nitrogen and oxygen atoms in total. The molecular formula is C16H14ClNO3. The summed E-state index contributed by atoms with van der Waals surface area (Å²) in [6.07, 6.45) is 0. The van der Waals surface area contributed by atoms with Crippen LogP contribution in [-0.4, -0.2) is 11.9 Å². The minimum absolute atomic E-state index is 0.255. The van der Waals surface area contributed by atoms with E-state index in [0.29, 0.717) is 22.0 Å². The van der Waals surface area contributed by atoms with E-state index in [0.717, 1.165) is 5.56 Å². The van der Waals surface area contributed by atoms with E-state index in [1.807, 2.05) is 13.0 Å². The van der Waals surface area contributed by atoms with Crippen LogP contribution in [0.5, 0.6) is 5.75 Å². The van der Waals surface area contributed by atoms with Crippen molar-refractivity contribution in [2.24, 2.45) is 0 Å². The lowest BCUT2D eigenvalue weighted by Crippen LogP contribution is -2.12. The lowest BCUT2D eigenvalue weighted by molar-refractivity contribution is -0.131. The van der Waals surface area contributed by atoms with Gasteiger partial charge in [0.25, 0.3) is 5.91 Å². The number of ether oxygens (including phenoxy) is 1. The summed E-state index contributed by atoms with van der Waals surface area (Å²) in [5.74, 6) is -0.255. The monoisotopic (exact) mass is 303 g/mol. The zero-order valence-electron chi connectivity index (χ0n) is 11.6. The van der Waals surface area contributed by atoms with Crippen LogP contribution >= 0.6 is 11.6 Å². The molecule has 2 rings (SSSR count). The van der Waals surface area contributed by atoms with Gasteiger partial charge in [-0.2, -0.15) is 0 Å². The van der Waals surface area contributed by atoms with Crippen LogP contribution in [0.15, 0.2) is 42.5 Å². The maximum atomic E-state index is 12.1. The molecule has 0 aromatic heterocycles. The van der Waals surface area contributed by atoms with Gasteiger partial charge >= 0.3 is 5.97 Å². The molecule has 5 heteroatoms. The topological polar surface area (TPSA) is 55.4 Å². The molecule has 0 bridgehead atoms. The molecule has 0 aliphatic carbocycles. The van der Waals surface area contributed by atoms with Gasteiger partial charge in [-0.15, -0.1) is 0 Å². The Morgan fingerprint density at radius 2 is 1.76 bits per heavy atom. The van der Waals surface area contributed by atoms with Gasteiger partial charge in [0.05, 0.1) is 0 Å². The molecule has 0 fully saturated rings. The third kappa shape index (κ3) is 4.07. The number of aryl methyl sites for hydroxylation is 1. The third-order valence-corrected chi connectivity index (χ3v) is 3.06. The van der Waals surface area contributed by atoms with Gasteiger partial charge in [-0.05, 0) is 48.9 Å². The van der Waals surface area contributed by atoms with E-state index >= 15 is 0 Å². The van der Waals surface area contributed by atoms with Gasteiger partial charge in [0, 0.05) is 23.2 Å². The summed E-state index contributed by atoms with van der Waals surface area (Å²) in [6, 6.07) is 11.6. The number of amides is 1. The van der Waals surface area contributed by atoms with Crippen LogP contribution in [0.25, 0.3) is 0 Å². The predicted molar refractivity (Wildman–Crippen MR) is 81.9 cm³/mol. The molecule has 0 aliphatic rings. The maximum absolute atomic E-state index is 12.1. The van der Waals surface area contributed by atoms with Gasteiger partial charge in [0.2, 0.25) is 0 Å². The number of esters is 1. The zero-order valence-corrected chi connectivity index (χ0v) is 12.4. The van der Waals surface area contributed by atoms with Crippen molar-refractivity contribution in [3.05, 3.63) is 58.6 Å². The van der Waals surface area contributed by atoms with Crippen molar-refractivity contribution < 1.29 is 14.3 Å². The van der Waals surface area contributed by atoms with E-state index in [9.17, 15) is 9.59 Å². The summed E-state index contributed by atoms with van der Waals surface area (Å²) in [5, 5.41) is 3.35. The first-order chi connectivity index (χ1) is 9.95. The first-order valence-electron chi connectivity index (χ1n) is 6.31. The molecule has 108 valence electrons. The highest BCUT2D eigenvalue weighted by Crippen LogP contribution is 2.21. The van der Waals surface area contributed by atoms with Crippen molar-refractivity contribution in [3.8, 4) is 5.75 Å². The lowest BCUT2D eigenvalue weighted by atomic mass is 10.1. The first-order valence-corrected chi connectivity index (χ1v) is 6.69. The molecule has 2 aromatic rings. The number of hydrogen-bond donors (Lipinski definition) is 1. The number of benzene rings is 2. The Morgan fingerprint density at radius 3 is 2.38 bits per heavy atom. The van der Waals surface area contributed by atoms with Crippen LogP contribution in [0.3, 0.4) is 0 Å². The average molecular weight is 304 g/mol. The van der Waals surface area contributed by atoms with Crippen molar-refractivity contribution in [2.45, 2.75) is 13.8 Å². The van der Waals surface area contributed by atoms with E-state index in [1.54, 1.807) is 36.4 Å². The van der Waals surface area contributed by atoms with Crippen LogP contribution in [0.4, 0.5) is 5.69 Å². The smallest absolute Gasteiger partial charge is 0.308 e. The fourth-order valence-corrected chi connectivity index (χ4v) is 1.94. The van der Waals surface area contributed by atoms with Crippen LogP contribution in [0, 0.1) is 6.92 Å². The third-order valence-electron chi connectivity index (χ3n) is 2.83. The summed E-state index contributed by atoms with van der Waals surface area (Å²) in [5.41, 5.74) is 2.05. The molecule has 0 saturated carbocycles. The predicted octanol–water partition coefficient (Wildman–Crippen LogP) is 3.83. The summed E-state index contributed by atoms with van der Waals surface area (Å²) in [4.78, 5) is 23.0. The van der Waals surface area contributed by atoms with E-state index < -0.39 is 5.97 Å². The SMILES string of the molecule is CC(=O)Oc1ccc(C(=O)Nc2cc(Cl)ccc2C)cc1. The Labute approximate surface area is 127 Å². The number of nitrogens with one attached hydrogen (secondary N) is 1. The second kappa shape index (κ2) is 6.41. The molecule has 0 heterocycles. The minimum atomic E-state index is -0.401. The van der Waals surface area contributed by atoms with Crippen molar-refractivity contribution in [1.29, 1.82) is 0 Å². The van der Waals surface area contributed by atoms with Gasteiger partial charge < -0.3 is 10.1 Å². The molecule has 0 saturated heterocycles. The normalized spacial score (nSPS) is 10.0. The molecular weight excluding hydrogens is 290 g/mol. The minimum Gasteiger partial charge on any atom is -0.427 e. The summed E-state index contributed by atoms with van der Waals surface area (Å²) < 4.78 is 4.91.